The Morgan fingerprint density at radius 3 is 2.62 bits per heavy atom. The van der Waals surface area contributed by atoms with E-state index in [0.29, 0.717) is 30.1 Å². The van der Waals surface area contributed by atoms with Gasteiger partial charge in [-0.1, -0.05) is 49.6 Å². The fraction of sp³-hybridized carbons (Fsp3) is 0.478. The molecule has 1 saturated carbocycles. The third kappa shape index (κ3) is 4.22. The summed E-state index contributed by atoms with van der Waals surface area (Å²) in [4.78, 5) is 26.7. The first-order valence-corrected chi connectivity index (χ1v) is 10.6. The Bertz CT molecular complexity index is 907. The maximum Gasteiger partial charge on any atom is 0.321 e. The molecule has 1 aliphatic heterocycles. The SMILES string of the molecule is Nc1c(C(=O)N[C@H]2C[C@@H](C(=O)O)N(CC3CCCCC3)C2)ccc2ccccc12. The molecular weight excluding hydrogens is 366 g/mol. The van der Waals surface area contributed by atoms with Gasteiger partial charge in [-0.2, -0.15) is 0 Å². The summed E-state index contributed by atoms with van der Waals surface area (Å²) in [6.45, 7) is 1.38. The third-order valence-corrected chi connectivity index (χ3v) is 6.46. The molecule has 6 heteroatoms. The van der Waals surface area contributed by atoms with Crippen LogP contribution in [0.25, 0.3) is 10.8 Å². The van der Waals surface area contributed by atoms with Crippen LogP contribution in [0.4, 0.5) is 5.69 Å². The minimum atomic E-state index is -0.803. The number of carboxylic acid groups (broad SMARTS) is 1. The maximum atomic E-state index is 12.9. The smallest absolute Gasteiger partial charge is 0.321 e. The second kappa shape index (κ2) is 8.41. The quantitative estimate of drug-likeness (QED) is 0.676. The highest BCUT2D eigenvalue weighted by Gasteiger charge is 2.38. The van der Waals surface area contributed by atoms with Gasteiger partial charge in [0.1, 0.15) is 6.04 Å². The van der Waals surface area contributed by atoms with Crippen molar-refractivity contribution in [1.82, 2.24) is 10.2 Å². The van der Waals surface area contributed by atoms with Crippen molar-refractivity contribution in [2.24, 2.45) is 5.92 Å². The Labute approximate surface area is 171 Å². The molecule has 6 nitrogen and oxygen atoms in total. The molecule has 2 fully saturated rings. The minimum absolute atomic E-state index is 0.182. The number of carbonyl (C=O) groups is 2. The molecular formula is C23H29N3O3. The summed E-state index contributed by atoms with van der Waals surface area (Å²) in [6.07, 6.45) is 6.53. The normalized spacial score (nSPS) is 23.3. The first-order chi connectivity index (χ1) is 14.0. The van der Waals surface area contributed by atoms with Gasteiger partial charge in [-0.25, -0.2) is 0 Å². The predicted molar refractivity (Wildman–Crippen MR) is 114 cm³/mol. The lowest BCUT2D eigenvalue weighted by atomic mass is 9.89. The van der Waals surface area contributed by atoms with Crippen molar-refractivity contribution in [2.45, 2.75) is 50.6 Å². The predicted octanol–water partition coefficient (Wildman–Crippen LogP) is 3.26. The van der Waals surface area contributed by atoms with Crippen LogP contribution in [-0.4, -0.2) is 47.1 Å². The first kappa shape index (κ1) is 19.7. The summed E-state index contributed by atoms with van der Waals surface area (Å²) in [5, 5.41) is 14.5. The Morgan fingerprint density at radius 2 is 1.86 bits per heavy atom. The van der Waals surface area contributed by atoms with Gasteiger partial charge in [0, 0.05) is 24.5 Å². The molecule has 1 saturated heterocycles. The molecule has 2 aromatic carbocycles. The van der Waals surface area contributed by atoms with Crippen molar-refractivity contribution >= 4 is 28.3 Å². The van der Waals surface area contributed by atoms with Gasteiger partial charge in [0.2, 0.25) is 0 Å². The number of benzene rings is 2. The Morgan fingerprint density at radius 1 is 1.10 bits per heavy atom. The van der Waals surface area contributed by atoms with E-state index in [4.69, 9.17) is 5.73 Å². The van der Waals surface area contributed by atoms with Crippen LogP contribution in [0.15, 0.2) is 36.4 Å². The lowest BCUT2D eigenvalue weighted by Crippen LogP contribution is -2.40. The number of amides is 1. The summed E-state index contributed by atoms with van der Waals surface area (Å²) in [5.41, 5.74) is 7.17. The van der Waals surface area contributed by atoms with Gasteiger partial charge in [0.05, 0.1) is 11.3 Å². The standard InChI is InChI=1S/C23H29N3O3/c24-21-18-9-5-4-8-16(18)10-11-19(21)22(27)25-17-12-20(23(28)29)26(14-17)13-15-6-2-1-3-7-15/h4-5,8-11,15,17,20H,1-3,6-7,12-14,24H2,(H,25,27)(H,28,29)/t17-,20-/m0/s1. The number of rotatable bonds is 5. The summed E-state index contributed by atoms with van der Waals surface area (Å²) >= 11 is 0. The van der Waals surface area contributed by atoms with E-state index in [-0.39, 0.29) is 11.9 Å². The zero-order valence-corrected chi connectivity index (χ0v) is 16.6. The van der Waals surface area contributed by atoms with Gasteiger partial charge in [0.15, 0.2) is 0 Å². The van der Waals surface area contributed by atoms with Crippen LogP contribution >= 0.6 is 0 Å². The van der Waals surface area contributed by atoms with Crippen molar-refractivity contribution in [3.63, 3.8) is 0 Å². The molecule has 0 spiro atoms. The fourth-order valence-electron chi connectivity index (χ4n) is 4.92. The number of nitrogens with zero attached hydrogens (tertiary/aromatic N) is 1. The Kier molecular flexibility index (Phi) is 5.72. The van der Waals surface area contributed by atoms with E-state index in [1.807, 2.05) is 35.2 Å². The van der Waals surface area contributed by atoms with Crippen molar-refractivity contribution in [1.29, 1.82) is 0 Å². The summed E-state index contributed by atoms with van der Waals surface area (Å²) < 4.78 is 0. The van der Waals surface area contributed by atoms with E-state index in [1.54, 1.807) is 6.07 Å². The number of hydrogen-bond acceptors (Lipinski definition) is 4. The summed E-state index contributed by atoms with van der Waals surface area (Å²) in [6, 6.07) is 10.6. The molecule has 4 N–H and O–H groups in total. The number of nitrogens with one attached hydrogen (secondary N) is 1. The number of nitrogens with two attached hydrogens (primary N) is 1. The van der Waals surface area contributed by atoms with Gasteiger partial charge in [-0.05, 0) is 36.6 Å². The van der Waals surface area contributed by atoms with E-state index in [1.165, 1.54) is 32.1 Å². The zero-order valence-electron chi connectivity index (χ0n) is 16.6. The number of anilines is 1. The fourth-order valence-corrected chi connectivity index (χ4v) is 4.92. The lowest BCUT2D eigenvalue weighted by molar-refractivity contribution is -0.142. The average molecular weight is 396 g/mol. The van der Waals surface area contributed by atoms with E-state index in [2.05, 4.69) is 5.32 Å². The summed E-state index contributed by atoms with van der Waals surface area (Å²) in [5.74, 6) is -0.471. The number of fused-ring (bicyclic) bond motifs is 1. The molecule has 0 radical (unpaired) electrons. The molecule has 0 bridgehead atoms. The number of carbonyl (C=O) groups excluding carboxylic acids is 1. The van der Waals surface area contributed by atoms with Crippen LogP contribution in [0.5, 0.6) is 0 Å². The van der Waals surface area contributed by atoms with Crippen LogP contribution in [0.2, 0.25) is 0 Å². The molecule has 2 aromatic rings. The molecule has 154 valence electrons. The Balaban J connectivity index is 1.45. The van der Waals surface area contributed by atoms with Crippen LogP contribution in [-0.2, 0) is 4.79 Å². The van der Waals surface area contributed by atoms with Gasteiger partial charge >= 0.3 is 5.97 Å². The van der Waals surface area contributed by atoms with E-state index in [0.717, 1.165) is 17.3 Å². The lowest BCUT2D eigenvalue weighted by Gasteiger charge is -2.29. The van der Waals surface area contributed by atoms with Gasteiger partial charge in [-0.15, -0.1) is 0 Å². The highest BCUT2D eigenvalue weighted by Crippen LogP contribution is 2.29. The van der Waals surface area contributed by atoms with Gasteiger partial charge in [0.25, 0.3) is 5.91 Å². The van der Waals surface area contributed by atoms with Crippen LogP contribution in [0.3, 0.4) is 0 Å². The van der Waals surface area contributed by atoms with Gasteiger partial charge < -0.3 is 16.2 Å². The molecule has 1 aliphatic carbocycles. The van der Waals surface area contributed by atoms with Crippen molar-refractivity contribution in [2.75, 3.05) is 18.8 Å². The largest absolute Gasteiger partial charge is 0.480 e. The Hall–Kier alpha value is -2.60. The molecule has 29 heavy (non-hydrogen) atoms. The zero-order chi connectivity index (χ0) is 20.4. The molecule has 0 unspecified atom stereocenters. The number of carboxylic acids is 1. The van der Waals surface area contributed by atoms with Crippen LogP contribution < -0.4 is 11.1 Å². The summed E-state index contributed by atoms with van der Waals surface area (Å²) in [7, 11) is 0. The number of aliphatic carboxylic acids is 1. The second-order valence-electron chi connectivity index (χ2n) is 8.47. The number of hydrogen-bond donors (Lipinski definition) is 3. The van der Waals surface area contributed by atoms with Crippen LogP contribution in [0, 0.1) is 5.92 Å². The van der Waals surface area contributed by atoms with E-state index in [9.17, 15) is 14.7 Å². The topological polar surface area (TPSA) is 95.7 Å². The van der Waals surface area contributed by atoms with Crippen molar-refractivity contribution < 1.29 is 14.7 Å². The monoisotopic (exact) mass is 395 g/mol. The highest BCUT2D eigenvalue weighted by atomic mass is 16.4. The highest BCUT2D eigenvalue weighted by molar-refractivity contribution is 6.07. The molecule has 2 atom stereocenters. The first-order valence-electron chi connectivity index (χ1n) is 10.6. The molecule has 4 rings (SSSR count). The van der Waals surface area contributed by atoms with Gasteiger partial charge in [-0.3, -0.25) is 14.5 Å². The van der Waals surface area contributed by atoms with Crippen LogP contribution in [0.1, 0.15) is 48.9 Å². The van der Waals surface area contributed by atoms with Crippen molar-refractivity contribution in [3.05, 3.63) is 42.0 Å². The second-order valence-corrected chi connectivity index (χ2v) is 8.47. The number of nitrogen functional groups attached to an aromatic ring is 1. The minimum Gasteiger partial charge on any atom is -0.480 e. The number of likely N-dealkylation sites (tertiary alicyclic amines) is 1. The third-order valence-electron chi connectivity index (χ3n) is 6.46. The van der Waals surface area contributed by atoms with Crippen molar-refractivity contribution in [3.8, 4) is 0 Å². The average Bonchev–Trinajstić information content (AvgIpc) is 3.11. The van der Waals surface area contributed by atoms with E-state index < -0.39 is 12.0 Å². The molecule has 2 aliphatic rings. The maximum absolute atomic E-state index is 12.9. The molecule has 1 amide bonds. The molecule has 0 aromatic heterocycles. The van der Waals surface area contributed by atoms with E-state index >= 15 is 0 Å². The molecule has 1 heterocycles.